The van der Waals surface area contributed by atoms with Gasteiger partial charge in [-0.1, -0.05) is 44.2 Å². The number of hydrogen-bond acceptors (Lipinski definition) is 4. The highest BCUT2D eigenvalue weighted by Crippen LogP contribution is 2.17. The monoisotopic (exact) mass is 368 g/mol. The van der Waals surface area contributed by atoms with Crippen LogP contribution in [0.2, 0.25) is 0 Å². The zero-order valence-corrected chi connectivity index (χ0v) is 15.7. The summed E-state index contributed by atoms with van der Waals surface area (Å²) in [4.78, 5) is 35.8. The Bertz CT molecular complexity index is 786. The van der Waals surface area contributed by atoms with Crippen LogP contribution in [0.1, 0.15) is 26.3 Å². The van der Waals surface area contributed by atoms with Gasteiger partial charge in [0.1, 0.15) is 11.8 Å². The minimum atomic E-state index is -0.753. The van der Waals surface area contributed by atoms with Crippen molar-refractivity contribution in [2.45, 2.75) is 33.2 Å². The van der Waals surface area contributed by atoms with Crippen LogP contribution in [-0.2, 0) is 20.8 Å². The SMILES string of the molecule is CC(=O)Nc1ccc(OC(=O)C(NC(=O)Cc2ccccc2)C(C)C)cc1. The Morgan fingerprint density at radius 2 is 1.59 bits per heavy atom. The van der Waals surface area contributed by atoms with E-state index in [9.17, 15) is 14.4 Å². The first-order valence-electron chi connectivity index (χ1n) is 8.78. The molecule has 0 bridgehead atoms. The number of rotatable bonds is 7. The molecule has 6 heteroatoms. The lowest BCUT2D eigenvalue weighted by Crippen LogP contribution is -2.46. The first-order valence-corrected chi connectivity index (χ1v) is 8.78. The van der Waals surface area contributed by atoms with Gasteiger partial charge in [-0.25, -0.2) is 4.79 Å². The maximum absolute atomic E-state index is 12.5. The van der Waals surface area contributed by atoms with Gasteiger partial charge in [-0.2, -0.15) is 0 Å². The Labute approximate surface area is 158 Å². The maximum atomic E-state index is 12.5. The second-order valence-electron chi connectivity index (χ2n) is 6.58. The molecule has 1 atom stereocenters. The van der Waals surface area contributed by atoms with Crippen molar-refractivity contribution in [3.05, 3.63) is 60.2 Å². The van der Waals surface area contributed by atoms with E-state index >= 15 is 0 Å². The molecule has 2 amide bonds. The van der Waals surface area contributed by atoms with E-state index in [-0.39, 0.29) is 24.2 Å². The predicted octanol–water partition coefficient (Wildman–Crippen LogP) is 2.93. The molecule has 0 aromatic heterocycles. The van der Waals surface area contributed by atoms with Gasteiger partial charge in [0, 0.05) is 12.6 Å². The van der Waals surface area contributed by atoms with Crippen LogP contribution in [0.25, 0.3) is 0 Å². The smallest absolute Gasteiger partial charge is 0.334 e. The van der Waals surface area contributed by atoms with Crippen molar-refractivity contribution in [3.63, 3.8) is 0 Å². The first-order chi connectivity index (χ1) is 12.8. The second kappa shape index (κ2) is 9.52. The van der Waals surface area contributed by atoms with Crippen molar-refractivity contribution < 1.29 is 19.1 Å². The molecule has 2 aromatic carbocycles. The lowest BCUT2D eigenvalue weighted by atomic mass is 10.0. The topological polar surface area (TPSA) is 84.5 Å². The van der Waals surface area contributed by atoms with Crippen LogP contribution < -0.4 is 15.4 Å². The van der Waals surface area contributed by atoms with E-state index in [0.29, 0.717) is 11.4 Å². The van der Waals surface area contributed by atoms with Gasteiger partial charge in [0.25, 0.3) is 0 Å². The standard InChI is InChI=1S/C21H24N2O4/c1-14(2)20(23-19(25)13-16-7-5-4-6-8-16)21(26)27-18-11-9-17(10-12-18)22-15(3)24/h4-12,14,20H,13H2,1-3H3,(H,22,24)(H,23,25). The molecule has 0 aliphatic carbocycles. The van der Waals surface area contributed by atoms with E-state index in [4.69, 9.17) is 4.74 Å². The summed E-state index contributed by atoms with van der Waals surface area (Å²) in [5.41, 5.74) is 1.48. The van der Waals surface area contributed by atoms with Gasteiger partial charge in [0.05, 0.1) is 6.42 Å². The normalized spacial score (nSPS) is 11.6. The van der Waals surface area contributed by atoms with Gasteiger partial charge in [0.15, 0.2) is 0 Å². The molecule has 0 fully saturated rings. The van der Waals surface area contributed by atoms with E-state index in [2.05, 4.69) is 10.6 Å². The maximum Gasteiger partial charge on any atom is 0.334 e. The summed E-state index contributed by atoms with van der Waals surface area (Å²) in [5.74, 6) is -0.731. The molecule has 0 aliphatic rings. The minimum Gasteiger partial charge on any atom is -0.425 e. The van der Waals surface area contributed by atoms with E-state index in [1.807, 2.05) is 44.2 Å². The number of benzene rings is 2. The summed E-state index contributed by atoms with van der Waals surface area (Å²) in [6.07, 6.45) is 0.197. The number of amides is 2. The minimum absolute atomic E-state index is 0.129. The molecule has 2 aromatic rings. The van der Waals surface area contributed by atoms with Crippen LogP contribution in [0.3, 0.4) is 0 Å². The fourth-order valence-electron chi connectivity index (χ4n) is 2.49. The van der Waals surface area contributed by atoms with Crippen molar-refractivity contribution in [1.82, 2.24) is 5.32 Å². The van der Waals surface area contributed by atoms with E-state index in [1.165, 1.54) is 6.92 Å². The summed E-state index contributed by atoms with van der Waals surface area (Å²) in [6.45, 7) is 5.10. The number of hydrogen-bond donors (Lipinski definition) is 2. The van der Waals surface area contributed by atoms with Crippen molar-refractivity contribution in [3.8, 4) is 5.75 Å². The van der Waals surface area contributed by atoms with E-state index in [1.54, 1.807) is 24.3 Å². The summed E-state index contributed by atoms with van der Waals surface area (Å²) in [5, 5.41) is 5.39. The van der Waals surface area contributed by atoms with Crippen LogP contribution in [0.15, 0.2) is 54.6 Å². The molecule has 6 nitrogen and oxygen atoms in total. The zero-order chi connectivity index (χ0) is 19.8. The summed E-state index contributed by atoms with van der Waals surface area (Å²) in [6, 6.07) is 15.0. The van der Waals surface area contributed by atoms with Gasteiger partial charge in [0.2, 0.25) is 11.8 Å². The highest BCUT2D eigenvalue weighted by Gasteiger charge is 2.26. The molecule has 0 radical (unpaired) electrons. The lowest BCUT2D eigenvalue weighted by Gasteiger charge is -2.21. The molecule has 142 valence electrons. The van der Waals surface area contributed by atoms with Crippen molar-refractivity contribution >= 4 is 23.5 Å². The Morgan fingerprint density at radius 3 is 2.15 bits per heavy atom. The van der Waals surface area contributed by atoms with Crippen LogP contribution >= 0.6 is 0 Å². The average molecular weight is 368 g/mol. The van der Waals surface area contributed by atoms with Gasteiger partial charge in [-0.15, -0.1) is 0 Å². The summed E-state index contributed by atoms with van der Waals surface area (Å²) >= 11 is 0. The van der Waals surface area contributed by atoms with Crippen LogP contribution in [0, 0.1) is 5.92 Å². The molecule has 0 saturated carbocycles. The third kappa shape index (κ3) is 6.58. The van der Waals surface area contributed by atoms with Gasteiger partial charge in [-0.3, -0.25) is 9.59 Å². The quantitative estimate of drug-likeness (QED) is 0.581. The van der Waals surface area contributed by atoms with E-state index < -0.39 is 12.0 Å². The van der Waals surface area contributed by atoms with E-state index in [0.717, 1.165) is 5.56 Å². The molecule has 1 unspecified atom stereocenters. The molecule has 0 saturated heterocycles. The Hall–Kier alpha value is -3.15. The number of carbonyl (C=O) groups is 3. The Balaban J connectivity index is 1.97. The van der Waals surface area contributed by atoms with Crippen molar-refractivity contribution in [1.29, 1.82) is 0 Å². The number of carbonyl (C=O) groups excluding carboxylic acids is 3. The largest absolute Gasteiger partial charge is 0.425 e. The van der Waals surface area contributed by atoms with Crippen LogP contribution in [0.5, 0.6) is 5.75 Å². The van der Waals surface area contributed by atoms with Crippen molar-refractivity contribution in [2.75, 3.05) is 5.32 Å². The molecule has 0 spiro atoms. The fourth-order valence-corrected chi connectivity index (χ4v) is 2.49. The molecular formula is C21H24N2O4. The average Bonchev–Trinajstić information content (AvgIpc) is 2.61. The Morgan fingerprint density at radius 1 is 0.963 bits per heavy atom. The van der Waals surface area contributed by atoms with Gasteiger partial charge < -0.3 is 15.4 Å². The molecule has 0 heterocycles. The predicted molar refractivity (Wildman–Crippen MR) is 103 cm³/mol. The highest BCUT2D eigenvalue weighted by molar-refractivity contribution is 5.89. The fraction of sp³-hybridized carbons (Fsp3) is 0.286. The third-order valence-electron chi connectivity index (χ3n) is 3.84. The molecule has 27 heavy (non-hydrogen) atoms. The van der Waals surface area contributed by atoms with Gasteiger partial charge >= 0.3 is 5.97 Å². The molecule has 2 N–H and O–H groups in total. The number of nitrogens with one attached hydrogen (secondary N) is 2. The van der Waals surface area contributed by atoms with Crippen LogP contribution in [0.4, 0.5) is 5.69 Å². The molecule has 2 rings (SSSR count). The summed E-state index contributed by atoms with van der Waals surface area (Å²) < 4.78 is 5.38. The third-order valence-corrected chi connectivity index (χ3v) is 3.84. The number of esters is 1. The van der Waals surface area contributed by atoms with Gasteiger partial charge in [-0.05, 0) is 35.7 Å². The zero-order valence-electron chi connectivity index (χ0n) is 15.7. The number of anilines is 1. The molecule has 0 aliphatic heterocycles. The lowest BCUT2D eigenvalue weighted by molar-refractivity contribution is -0.140. The molecular weight excluding hydrogens is 344 g/mol. The Kier molecular flexibility index (Phi) is 7.11. The number of ether oxygens (including phenoxy) is 1. The summed E-state index contributed by atoms with van der Waals surface area (Å²) in [7, 11) is 0. The second-order valence-corrected chi connectivity index (χ2v) is 6.58. The van der Waals surface area contributed by atoms with Crippen LogP contribution in [-0.4, -0.2) is 23.8 Å². The van der Waals surface area contributed by atoms with Crippen molar-refractivity contribution in [2.24, 2.45) is 5.92 Å². The highest BCUT2D eigenvalue weighted by atomic mass is 16.5. The first kappa shape index (κ1) is 20.2.